The van der Waals surface area contributed by atoms with E-state index in [2.05, 4.69) is 0 Å². The van der Waals surface area contributed by atoms with E-state index in [4.69, 9.17) is 0 Å². The van der Waals surface area contributed by atoms with Crippen molar-refractivity contribution in [1.29, 1.82) is 0 Å². The fraction of sp³-hybridized carbons (Fsp3) is 0.158. The molecule has 1 heterocycles. The molecule has 1 aliphatic rings. The van der Waals surface area contributed by atoms with E-state index < -0.39 is 5.97 Å². The Kier molecular flexibility index (Phi) is 3.74. The van der Waals surface area contributed by atoms with Crippen LogP contribution in [0.4, 0.5) is 0 Å². The molecule has 3 rings (SSSR count). The molecule has 0 radical (unpaired) electrons. The van der Waals surface area contributed by atoms with E-state index >= 15 is 0 Å². The number of carbonyl (C=O) groups is 2. The zero-order valence-corrected chi connectivity index (χ0v) is 13.0. The summed E-state index contributed by atoms with van der Waals surface area (Å²) in [5.74, 6) is -1.19. The zero-order valence-electron chi connectivity index (χ0n) is 13.0. The molecule has 0 spiro atoms. The monoisotopic (exact) mass is 307 g/mol. The number of nitrogens with zero attached hydrogens (tertiary/aromatic N) is 1. The first-order valence-electron chi connectivity index (χ1n) is 7.48. The lowest BCUT2D eigenvalue weighted by Crippen LogP contribution is -2.31. The van der Waals surface area contributed by atoms with Gasteiger partial charge in [-0.2, -0.15) is 0 Å². The third-order valence-electron chi connectivity index (χ3n) is 3.90. The molecule has 0 aliphatic carbocycles. The van der Waals surface area contributed by atoms with Crippen LogP contribution >= 0.6 is 0 Å². The van der Waals surface area contributed by atoms with Crippen molar-refractivity contribution in [2.45, 2.75) is 19.9 Å². The molecule has 1 N–H and O–H groups in total. The Hall–Kier alpha value is -2.88. The fourth-order valence-corrected chi connectivity index (χ4v) is 2.95. The van der Waals surface area contributed by atoms with Crippen LogP contribution in [0.25, 0.3) is 11.3 Å². The second kappa shape index (κ2) is 5.72. The van der Waals surface area contributed by atoms with Gasteiger partial charge in [-0.05, 0) is 25.5 Å². The van der Waals surface area contributed by atoms with Crippen LogP contribution in [0.15, 0.2) is 54.6 Å². The number of hydrogen-bond donors (Lipinski definition) is 1. The molecule has 2 aromatic rings. The zero-order chi connectivity index (χ0) is 16.6. The average molecular weight is 307 g/mol. The highest BCUT2D eigenvalue weighted by atomic mass is 16.4. The Bertz CT molecular complexity index is 806. The van der Waals surface area contributed by atoms with Gasteiger partial charge in [-0.3, -0.25) is 4.79 Å². The first-order chi connectivity index (χ1) is 11.0. The standard InChI is InChI=1S/C19H17NO3/c1-12(2)20-17(14-10-6-7-11-15(14)18(20)21)16(19(22)23)13-8-4-3-5-9-13/h3-12H,1-2H3,(H,22,23). The third kappa shape index (κ3) is 2.42. The second-order valence-electron chi connectivity index (χ2n) is 5.71. The van der Waals surface area contributed by atoms with Gasteiger partial charge >= 0.3 is 5.97 Å². The molecule has 0 fully saturated rings. The number of aliphatic carboxylic acids is 1. The summed E-state index contributed by atoms with van der Waals surface area (Å²) in [6.07, 6.45) is 0. The molecular weight excluding hydrogens is 290 g/mol. The van der Waals surface area contributed by atoms with E-state index in [-0.39, 0.29) is 17.5 Å². The number of rotatable bonds is 3. The van der Waals surface area contributed by atoms with Gasteiger partial charge in [-0.15, -0.1) is 0 Å². The van der Waals surface area contributed by atoms with Gasteiger partial charge in [-0.25, -0.2) is 4.79 Å². The van der Waals surface area contributed by atoms with Crippen LogP contribution in [-0.2, 0) is 4.79 Å². The maximum atomic E-state index is 12.7. The number of amides is 1. The van der Waals surface area contributed by atoms with E-state index in [1.165, 1.54) is 0 Å². The summed E-state index contributed by atoms with van der Waals surface area (Å²) in [6, 6.07) is 15.9. The predicted octanol–water partition coefficient (Wildman–Crippen LogP) is 3.50. The largest absolute Gasteiger partial charge is 0.478 e. The highest BCUT2D eigenvalue weighted by molar-refractivity contribution is 6.28. The molecule has 23 heavy (non-hydrogen) atoms. The molecule has 0 atom stereocenters. The number of hydrogen-bond acceptors (Lipinski definition) is 2. The lowest BCUT2D eigenvalue weighted by molar-refractivity contribution is -0.130. The maximum absolute atomic E-state index is 12.7. The molecule has 4 heteroatoms. The number of carbonyl (C=O) groups excluding carboxylic acids is 1. The lowest BCUT2D eigenvalue weighted by Gasteiger charge is -2.24. The highest BCUT2D eigenvalue weighted by Crippen LogP contribution is 2.39. The predicted molar refractivity (Wildman–Crippen MR) is 88.6 cm³/mol. The summed E-state index contributed by atoms with van der Waals surface area (Å²) in [5, 5.41) is 9.80. The minimum Gasteiger partial charge on any atom is -0.478 e. The van der Waals surface area contributed by atoms with Crippen molar-refractivity contribution in [2.75, 3.05) is 0 Å². The minimum atomic E-state index is -1.04. The third-order valence-corrected chi connectivity index (χ3v) is 3.90. The summed E-state index contributed by atoms with van der Waals surface area (Å²) >= 11 is 0. The average Bonchev–Trinajstić information content (AvgIpc) is 2.82. The highest BCUT2D eigenvalue weighted by Gasteiger charge is 2.37. The van der Waals surface area contributed by atoms with E-state index in [1.807, 2.05) is 26.0 Å². The van der Waals surface area contributed by atoms with Gasteiger partial charge < -0.3 is 10.0 Å². The topological polar surface area (TPSA) is 57.6 Å². The molecule has 0 saturated carbocycles. The van der Waals surface area contributed by atoms with Gasteiger partial charge in [0.15, 0.2) is 0 Å². The SMILES string of the molecule is CC(C)N1C(=O)c2ccccc2C1=C(C(=O)O)c1ccccc1. The molecule has 4 nitrogen and oxygen atoms in total. The van der Waals surface area contributed by atoms with E-state index in [0.29, 0.717) is 22.4 Å². The molecule has 0 bridgehead atoms. The summed E-state index contributed by atoms with van der Waals surface area (Å²) in [6.45, 7) is 3.77. The molecule has 116 valence electrons. The first kappa shape index (κ1) is 15.0. The summed E-state index contributed by atoms with van der Waals surface area (Å²) < 4.78 is 0. The molecule has 0 saturated heterocycles. The molecule has 1 amide bonds. The summed E-state index contributed by atoms with van der Waals surface area (Å²) in [4.78, 5) is 26.3. The van der Waals surface area contributed by atoms with Gasteiger partial charge in [0.05, 0.1) is 11.3 Å². The Balaban J connectivity index is 2.36. The molecule has 2 aromatic carbocycles. The van der Waals surface area contributed by atoms with Crippen molar-refractivity contribution in [3.8, 4) is 0 Å². The number of carboxylic acid groups (broad SMARTS) is 1. The van der Waals surface area contributed by atoms with Crippen molar-refractivity contribution in [3.63, 3.8) is 0 Å². The molecule has 0 aromatic heterocycles. The number of benzene rings is 2. The van der Waals surface area contributed by atoms with Crippen LogP contribution < -0.4 is 0 Å². The summed E-state index contributed by atoms with van der Waals surface area (Å²) in [7, 11) is 0. The fourth-order valence-electron chi connectivity index (χ4n) is 2.95. The first-order valence-corrected chi connectivity index (χ1v) is 7.48. The Morgan fingerprint density at radius 2 is 1.52 bits per heavy atom. The number of fused-ring (bicyclic) bond motifs is 1. The van der Waals surface area contributed by atoms with Gasteiger partial charge in [0.25, 0.3) is 5.91 Å². The maximum Gasteiger partial charge on any atom is 0.338 e. The van der Waals surface area contributed by atoms with Crippen LogP contribution in [0.1, 0.15) is 35.3 Å². The van der Waals surface area contributed by atoms with Crippen LogP contribution in [-0.4, -0.2) is 27.9 Å². The van der Waals surface area contributed by atoms with E-state index in [9.17, 15) is 14.7 Å². The van der Waals surface area contributed by atoms with Gasteiger partial charge in [0, 0.05) is 17.2 Å². The van der Waals surface area contributed by atoms with E-state index in [1.54, 1.807) is 47.4 Å². The Labute approximate surface area is 134 Å². The molecular formula is C19H17NO3. The quantitative estimate of drug-likeness (QED) is 0.883. The molecule has 0 unspecified atom stereocenters. The summed E-state index contributed by atoms with van der Waals surface area (Å²) in [5.41, 5.74) is 2.43. The van der Waals surface area contributed by atoms with E-state index in [0.717, 1.165) is 0 Å². The van der Waals surface area contributed by atoms with Crippen molar-refractivity contribution < 1.29 is 14.7 Å². The van der Waals surface area contributed by atoms with Gasteiger partial charge in [0.2, 0.25) is 0 Å². The second-order valence-corrected chi connectivity index (χ2v) is 5.71. The Morgan fingerprint density at radius 1 is 0.957 bits per heavy atom. The van der Waals surface area contributed by atoms with Crippen LogP contribution in [0.3, 0.4) is 0 Å². The minimum absolute atomic E-state index is 0.136. The van der Waals surface area contributed by atoms with Crippen LogP contribution in [0.5, 0.6) is 0 Å². The lowest BCUT2D eigenvalue weighted by atomic mass is 9.98. The van der Waals surface area contributed by atoms with Crippen molar-refractivity contribution in [3.05, 3.63) is 71.3 Å². The van der Waals surface area contributed by atoms with Crippen molar-refractivity contribution in [1.82, 2.24) is 4.90 Å². The Morgan fingerprint density at radius 3 is 2.09 bits per heavy atom. The van der Waals surface area contributed by atoms with Gasteiger partial charge in [-0.1, -0.05) is 48.5 Å². The van der Waals surface area contributed by atoms with Crippen LogP contribution in [0.2, 0.25) is 0 Å². The normalized spacial score (nSPS) is 15.8. The number of carboxylic acids is 1. The van der Waals surface area contributed by atoms with Crippen molar-refractivity contribution >= 4 is 23.1 Å². The smallest absolute Gasteiger partial charge is 0.338 e. The van der Waals surface area contributed by atoms with Crippen molar-refractivity contribution in [2.24, 2.45) is 0 Å². The van der Waals surface area contributed by atoms with Crippen LogP contribution in [0, 0.1) is 0 Å². The van der Waals surface area contributed by atoms with Gasteiger partial charge in [0.1, 0.15) is 0 Å². The molecule has 1 aliphatic heterocycles.